The molecule has 0 aromatic carbocycles. The highest BCUT2D eigenvalue weighted by atomic mass is 16.5. The Labute approximate surface area is 179 Å². The Morgan fingerprint density at radius 1 is 0.552 bits per heavy atom. The Morgan fingerprint density at radius 3 is 1.69 bits per heavy atom. The van der Waals surface area contributed by atoms with Gasteiger partial charge in [0, 0.05) is 0 Å². The number of carbonyl (C=O) groups excluding carboxylic acids is 1. The maximum Gasteiger partial charge on any atom is 0.309 e. The quantitative estimate of drug-likeness (QED) is 0.423. The zero-order valence-electron chi connectivity index (χ0n) is 18.9. The molecule has 4 rings (SSSR count). The van der Waals surface area contributed by atoms with Crippen molar-refractivity contribution in [3.05, 3.63) is 0 Å². The maximum atomic E-state index is 12.7. The fourth-order valence-corrected chi connectivity index (χ4v) is 7.18. The number of ether oxygens (including phenoxy) is 1. The summed E-state index contributed by atoms with van der Waals surface area (Å²) in [7, 11) is 0. The Morgan fingerprint density at radius 2 is 1.07 bits per heavy atom. The molecule has 0 spiro atoms. The predicted molar refractivity (Wildman–Crippen MR) is 120 cm³/mol. The first-order valence-corrected chi connectivity index (χ1v) is 13.5. The molecular formula is C27H46O2. The lowest BCUT2D eigenvalue weighted by Crippen LogP contribution is -2.32. The van der Waals surface area contributed by atoms with Gasteiger partial charge < -0.3 is 4.74 Å². The predicted octanol–water partition coefficient (Wildman–Crippen LogP) is 7.84. The fraction of sp³-hybridized carbons (Fsp3) is 0.963. The average Bonchev–Trinajstić information content (AvgIpc) is 2.80. The van der Waals surface area contributed by atoms with Gasteiger partial charge in [-0.05, 0) is 75.0 Å². The maximum absolute atomic E-state index is 12.7. The van der Waals surface area contributed by atoms with Gasteiger partial charge in [0.1, 0.15) is 6.10 Å². The summed E-state index contributed by atoms with van der Waals surface area (Å²) in [4.78, 5) is 12.7. The highest BCUT2D eigenvalue weighted by Gasteiger charge is 2.33. The van der Waals surface area contributed by atoms with Crippen LogP contribution < -0.4 is 0 Å². The van der Waals surface area contributed by atoms with Crippen molar-refractivity contribution in [2.45, 2.75) is 135 Å². The second-order valence-corrected chi connectivity index (χ2v) is 11.2. The molecule has 0 N–H and O–H groups in total. The van der Waals surface area contributed by atoms with Gasteiger partial charge in [0.05, 0.1) is 5.92 Å². The summed E-state index contributed by atoms with van der Waals surface area (Å²) in [5.41, 5.74) is 0. The molecule has 0 aromatic heterocycles. The molecule has 4 aliphatic carbocycles. The lowest BCUT2D eigenvalue weighted by molar-refractivity contribution is -0.157. The Kier molecular flexibility index (Phi) is 8.37. The number of hydrogen-bond acceptors (Lipinski definition) is 2. The second-order valence-electron chi connectivity index (χ2n) is 11.2. The number of hydrogen-bond donors (Lipinski definition) is 0. The van der Waals surface area contributed by atoms with Crippen molar-refractivity contribution < 1.29 is 9.53 Å². The van der Waals surface area contributed by atoms with Crippen LogP contribution in [0.5, 0.6) is 0 Å². The van der Waals surface area contributed by atoms with E-state index in [0.29, 0.717) is 0 Å². The number of esters is 1. The topological polar surface area (TPSA) is 26.3 Å². The third-order valence-electron chi connectivity index (χ3n) is 9.21. The Hall–Kier alpha value is -0.530. The highest BCUT2D eigenvalue weighted by Crippen LogP contribution is 2.40. The van der Waals surface area contributed by atoms with Crippen molar-refractivity contribution in [3.63, 3.8) is 0 Å². The first-order chi connectivity index (χ1) is 14.3. The standard InChI is InChI=1S/C27H46O2/c28-27(29-26-19-17-24(18-20-26)23-9-5-2-6-10-23)25-15-13-22(14-16-25)12-11-21-7-3-1-4-8-21/h21-26H,1-20H2. The van der Waals surface area contributed by atoms with Crippen LogP contribution in [0.4, 0.5) is 0 Å². The van der Waals surface area contributed by atoms with Crippen LogP contribution >= 0.6 is 0 Å². The minimum Gasteiger partial charge on any atom is -0.462 e. The van der Waals surface area contributed by atoms with Gasteiger partial charge >= 0.3 is 5.97 Å². The summed E-state index contributed by atoms with van der Waals surface area (Å²) in [5.74, 6) is 4.14. The molecule has 0 atom stereocenters. The van der Waals surface area contributed by atoms with Crippen LogP contribution in [-0.4, -0.2) is 12.1 Å². The van der Waals surface area contributed by atoms with Crippen molar-refractivity contribution in [3.8, 4) is 0 Å². The first kappa shape index (κ1) is 21.7. The molecule has 4 saturated carbocycles. The van der Waals surface area contributed by atoms with E-state index in [1.807, 2.05) is 0 Å². The molecule has 2 heteroatoms. The summed E-state index contributed by atoms with van der Waals surface area (Å²) >= 11 is 0. The molecule has 29 heavy (non-hydrogen) atoms. The summed E-state index contributed by atoms with van der Waals surface area (Å²) in [5, 5.41) is 0. The van der Waals surface area contributed by atoms with E-state index in [1.54, 1.807) is 0 Å². The lowest BCUT2D eigenvalue weighted by atomic mass is 9.73. The molecule has 0 saturated heterocycles. The van der Waals surface area contributed by atoms with E-state index in [2.05, 4.69) is 0 Å². The van der Waals surface area contributed by atoms with E-state index in [4.69, 9.17) is 4.74 Å². The molecule has 2 nitrogen and oxygen atoms in total. The minimum atomic E-state index is 0.150. The van der Waals surface area contributed by atoms with E-state index in [-0.39, 0.29) is 18.0 Å². The van der Waals surface area contributed by atoms with Crippen LogP contribution in [0.2, 0.25) is 0 Å². The van der Waals surface area contributed by atoms with Crippen LogP contribution in [0.25, 0.3) is 0 Å². The minimum absolute atomic E-state index is 0.150. The first-order valence-electron chi connectivity index (χ1n) is 13.5. The molecule has 0 radical (unpaired) electrons. The van der Waals surface area contributed by atoms with Crippen LogP contribution in [0.3, 0.4) is 0 Å². The van der Waals surface area contributed by atoms with E-state index >= 15 is 0 Å². The van der Waals surface area contributed by atoms with Gasteiger partial charge in [-0.3, -0.25) is 4.79 Å². The molecule has 0 aromatic rings. The van der Waals surface area contributed by atoms with Crippen molar-refractivity contribution >= 4 is 5.97 Å². The third kappa shape index (κ3) is 6.47. The molecule has 0 amide bonds. The summed E-state index contributed by atoms with van der Waals surface area (Å²) < 4.78 is 6.02. The van der Waals surface area contributed by atoms with Crippen LogP contribution in [0, 0.1) is 29.6 Å². The van der Waals surface area contributed by atoms with Gasteiger partial charge in [-0.2, -0.15) is 0 Å². The number of carbonyl (C=O) groups is 1. The van der Waals surface area contributed by atoms with Crippen molar-refractivity contribution in [1.29, 1.82) is 0 Å². The molecule has 4 aliphatic rings. The summed E-state index contributed by atoms with van der Waals surface area (Å²) in [6, 6.07) is 0. The lowest BCUT2D eigenvalue weighted by Gasteiger charge is -2.36. The molecule has 166 valence electrons. The van der Waals surface area contributed by atoms with Crippen molar-refractivity contribution in [1.82, 2.24) is 0 Å². The molecule has 0 bridgehead atoms. The summed E-state index contributed by atoms with van der Waals surface area (Å²) in [6.45, 7) is 0. The molecular weight excluding hydrogens is 356 g/mol. The molecule has 4 fully saturated rings. The SMILES string of the molecule is O=C(OC1CCC(C2CCCCC2)CC1)C1CCC(CCC2CCCCC2)CC1. The zero-order valence-corrected chi connectivity index (χ0v) is 18.9. The van der Waals surface area contributed by atoms with Crippen LogP contribution in [-0.2, 0) is 9.53 Å². The highest BCUT2D eigenvalue weighted by molar-refractivity contribution is 5.72. The molecule has 0 heterocycles. The zero-order chi connectivity index (χ0) is 19.9. The Bertz CT molecular complexity index is 473. The summed E-state index contributed by atoms with van der Waals surface area (Å²) in [6.07, 6.45) is 27.3. The smallest absolute Gasteiger partial charge is 0.309 e. The molecule has 0 aliphatic heterocycles. The van der Waals surface area contributed by atoms with Gasteiger partial charge in [-0.1, -0.05) is 77.0 Å². The van der Waals surface area contributed by atoms with E-state index in [1.165, 1.54) is 103 Å². The average molecular weight is 403 g/mol. The van der Waals surface area contributed by atoms with Crippen LogP contribution in [0.15, 0.2) is 0 Å². The van der Waals surface area contributed by atoms with Crippen molar-refractivity contribution in [2.24, 2.45) is 29.6 Å². The van der Waals surface area contributed by atoms with E-state index < -0.39 is 0 Å². The van der Waals surface area contributed by atoms with Crippen molar-refractivity contribution in [2.75, 3.05) is 0 Å². The van der Waals surface area contributed by atoms with Gasteiger partial charge in [0.2, 0.25) is 0 Å². The number of rotatable bonds is 6. The molecule has 0 unspecified atom stereocenters. The largest absolute Gasteiger partial charge is 0.462 e. The third-order valence-corrected chi connectivity index (χ3v) is 9.21. The van der Waals surface area contributed by atoms with Gasteiger partial charge in [0.15, 0.2) is 0 Å². The van der Waals surface area contributed by atoms with Gasteiger partial charge in [-0.25, -0.2) is 0 Å². The van der Waals surface area contributed by atoms with Gasteiger partial charge in [-0.15, -0.1) is 0 Å². The van der Waals surface area contributed by atoms with Crippen LogP contribution in [0.1, 0.15) is 128 Å². The fourth-order valence-electron chi connectivity index (χ4n) is 7.18. The Balaban J connectivity index is 1.10. The van der Waals surface area contributed by atoms with E-state index in [9.17, 15) is 4.79 Å². The monoisotopic (exact) mass is 402 g/mol. The second kappa shape index (κ2) is 11.2. The van der Waals surface area contributed by atoms with Gasteiger partial charge in [0.25, 0.3) is 0 Å². The normalized spacial score (nSPS) is 35.3. The van der Waals surface area contributed by atoms with E-state index in [0.717, 1.165) is 49.4 Å².